The van der Waals surface area contributed by atoms with Crippen LogP contribution < -0.4 is 15.2 Å². The van der Waals surface area contributed by atoms with Crippen LogP contribution in [0.2, 0.25) is 0 Å². The van der Waals surface area contributed by atoms with Crippen molar-refractivity contribution < 1.29 is 36.6 Å². The molecule has 13 heteroatoms. The molecule has 0 aromatic heterocycles. The van der Waals surface area contributed by atoms with Crippen molar-refractivity contribution in [2.24, 2.45) is 5.73 Å². The molecular formula is C18H17N3O9S. The van der Waals surface area contributed by atoms with Crippen LogP contribution in [0.4, 0.5) is 10.5 Å². The van der Waals surface area contributed by atoms with E-state index in [9.17, 15) is 32.9 Å². The number of amides is 3. The fourth-order valence-electron chi connectivity index (χ4n) is 2.29. The summed E-state index contributed by atoms with van der Waals surface area (Å²) in [5.41, 5.74) is 4.60. The summed E-state index contributed by atoms with van der Waals surface area (Å²) < 4.78 is 34.9. The molecule has 164 valence electrons. The fraction of sp³-hybridized carbons (Fsp3) is 0.167. The van der Waals surface area contributed by atoms with E-state index >= 15 is 0 Å². The van der Waals surface area contributed by atoms with Gasteiger partial charge in [0.25, 0.3) is 11.6 Å². The Morgan fingerprint density at radius 3 is 2.29 bits per heavy atom. The third-order valence-electron chi connectivity index (χ3n) is 3.85. The number of benzene rings is 2. The van der Waals surface area contributed by atoms with Gasteiger partial charge in [-0.3, -0.25) is 20.2 Å². The number of non-ortho nitro benzene ring substituents is 1. The third-order valence-corrected chi connectivity index (χ3v) is 5.24. The first kappa shape index (κ1) is 23.3. The molecule has 0 saturated heterocycles. The zero-order chi connectivity index (χ0) is 23.3. The average Bonchev–Trinajstić information content (AvgIpc) is 2.67. The maximum absolute atomic E-state index is 12.5. The van der Waals surface area contributed by atoms with E-state index in [1.165, 1.54) is 38.1 Å². The largest absolute Gasteiger partial charge is 0.449 e. The van der Waals surface area contributed by atoms with Gasteiger partial charge in [-0.25, -0.2) is 9.59 Å². The lowest BCUT2D eigenvalue weighted by Gasteiger charge is -2.12. The summed E-state index contributed by atoms with van der Waals surface area (Å²) in [4.78, 5) is 44.1. The number of esters is 1. The molecule has 3 N–H and O–H groups in total. The SMILES string of the molecule is Cc1ccc([N+](=O)[O-])cc1S(=O)(=O)Oc1ccc(C(=O)OC(C)C(=O)NC(N)=O)cc1. The molecule has 2 aromatic rings. The zero-order valence-electron chi connectivity index (χ0n) is 16.2. The number of aryl methyl sites for hydroxylation is 1. The number of ether oxygens (including phenoxy) is 1. The van der Waals surface area contributed by atoms with E-state index in [4.69, 9.17) is 14.7 Å². The number of urea groups is 1. The number of nitrogens with two attached hydrogens (primary N) is 1. The second-order valence-electron chi connectivity index (χ2n) is 6.17. The van der Waals surface area contributed by atoms with Crippen LogP contribution in [0, 0.1) is 17.0 Å². The van der Waals surface area contributed by atoms with Crippen molar-refractivity contribution in [2.75, 3.05) is 0 Å². The Labute approximate surface area is 176 Å². The normalized spacial score (nSPS) is 11.8. The van der Waals surface area contributed by atoms with E-state index in [2.05, 4.69) is 0 Å². The van der Waals surface area contributed by atoms with E-state index in [0.717, 1.165) is 18.2 Å². The quantitative estimate of drug-likeness (QED) is 0.272. The van der Waals surface area contributed by atoms with Gasteiger partial charge in [0, 0.05) is 12.1 Å². The summed E-state index contributed by atoms with van der Waals surface area (Å²) >= 11 is 0. The summed E-state index contributed by atoms with van der Waals surface area (Å²) in [6.07, 6.45) is -1.31. The molecule has 0 aliphatic heterocycles. The molecule has 12 nitrogen and oxygen atoms in total. The van der Waals surface area contributed by atoms with Gasteiger partial charge < -0.3 is 14.7 Å². The van der Waals surface area contributed by atoms with Gasteiger partial charge in [-0.2, -0.15) is 8.42 Å². The van der Waals surface area contributed by atoms with Crippen LogP contribution in [0.3, 0.4) is 0 Å². The van der Waals surface area contributed by atoms with Crippen molar-refractivity contribution in [3.63, 3.8) is 0 Å². The monoisotopic (exact) mass is 451 g/mol. The average molecular weight is 451 g/mol. The molecule has 0 aliphatic carbocycles. The second kappa shape index (κ2) is 9.21. The van der Waals surface area contributed by atoms with E-state index in [1.54, 1.807) is 5.32 Å². The Balaban J connectivity index is 2.14. The smallest absolute Gasteiger partial charge is 0.339 e. The number of carbonyl (C=O) groups excluding carboxylic acids is 3. The number of nitro groups is 1. The zero-order valence-corrected chi connectivity index (χ0v) is 17.0. The molecule has 0 radical (unpaired) electrons. The number of nitrogens with one attached hydrogen (secondary N) is 1. The first-order chi connectivity index (χ1) is 14.4. The molecule has 2 rings (SSSR count). The number of primary amides is 1. The standard InChI is InChI=1S/C18H17N3O9S/c1-10-3-6-13(21(25)26)9-15(10)31(27,28)30-14-7-4-12(5-8-14)17(23)29-11(2)16(22)20-18(19)24/h3-9,11H,1-2H3,(H3,19,20,22,24). The third kappa shape index (κ3) is 5.99. The predicted octanol–water partition coefficient (Wildman–Crippen LogP) is 1.41. The molecule has 2 aromatic carbocycles. The van der Waals surface area contributed by atoms with Gasteiger partial charge in [0.2, 0.25) is 0 Å². The summed E-state index contributed by atoms with van der Waals surface area (Å²) in [6, 6.07) is 6.93. The van der Waals surface area contributed by atoms with Gasteiger partial charge in [-0.05, 0) is 43.7 Å². The second-order valence-corrected chi connectivity index (χ2v) is 7.68. The molecule has 0 bridgehead atoms. The van der Waals surface area contributed by atoms with Crippen LogP contribution in [-0.2, 0) is 19.6 Å². The van der Waals surface area contributed by atoms with E-state index in [0.29, 0.717) is 0 Å². The van der Waals surface area contributed by atoms with Crippen molar-refractivity contribution in [1.29, 1.82) is 0 Å². The lowest BCUT2D eigenvalue weighted by Crippen LogP contribution is -2.42. The number of nitro benzene ring substituents is 1. The number of imide groups is 1. The molecule has 0 fully saturated rings. The van der Waals surface area contributed by atoms with E-state index in [-0.39, 0.29) is 21.8 Å². The first-order valence-corrected chi connectivity index (χ1v) is 9.92. The molecule has 1 atom stereocenters. The minimum Gasteiger partial charge on any atom is -0.449 e. The minimum atomic E-state index is -4.39. The van der Waals surface area contributed by atoms with Crippen molar-refractivity contribution in [1.82, 2.24) is 5.32 Å². The van der Waals surface area contributed by atoms with Crippen LogP contribution in [0.5, 0.6) is 5.75 Å². The molecule has 0 heterocycles. The summed E-state index contributed by atoms with van der Waals surface area (Å²) in [6.45, 7) is 2.68. The highest BCUT2D eigenvalue weighted by Gasteiger charge is 2.23. The lowest BCUT2D eigenvalue weighted by molar-refractivity contribution is -0.385. The van der Waals surface area contributed by atoms with Crippen molar-refractivity contribution in [3.8, 4) is 5.75 Å². The Bertz CT molecular complexity index is 1140. The molecule has 31 heavy (non-hydrogen) atoms. The maximum atomic E-state index is 12.5. The molecule has 0 saturated carbocycles. The first-order valence-electron chi connectivity index (χ1n) is 8.51. The maximum Gasteiger partial charge on any atom is 0.339 e. The van der Waals surface area contributed by atoms with Gasteiger partial charge in [-0.1, -0.05) is 6.07 Å². The molecule has 1 unspecified atom stereocenters. The minimum absolute atomic E-state index is 0.0324. The van der Waals surface area contributed by atoms with Gasteiger partial charge in [0.1, 0.15) is 10.6 Å². The number of hydrogen-bond donors (Lipinski definition) is 2. The molecule has 3 amide bonds. The Kier molecular flexibility index (Phi) is 6.92. The topological polar surface area (TPSA) is 185 Å². The lowest BCUT2D eigenvalue weighted by atomic mass is 10.2. The Morgan fingerprint density at radius 1 is 1.13 bits per heavy atom. The molecule has 0 spiro atoms. The molecule has 0 aliphatic rings. The highest BCUT2D eigenvalue weighted by Crippen LogP contribution is 2.25. The Morgan fingerprint density at radius 2 is 1.74 bits per heavy atom. The van der Waals surface area contributed by atoms with Crippen LogP contribution in [0.1, 0.15) is 22.8 Å². The van der Waals surface area contributed by atoms with E-state index in [1.807, 2.05) is 0 Å². The van der Waals surface area contributed by atoms with Crippen LogP contribution >= 0.6 is 0 Å². The van der Waals surface area contributed by atoms with Gasteiger partial charge in [-0.15, -0.1) is 0 Å². The van der Waals surface area contributed by atoms with Gasteiger partial charge in [0.15, 0.2) is 6.10 Å². The summed E-state index contributed by atoms with van der Waals surface area (Å²) in [7, 11) is -4.39. The van der Waals surface area contributed by atoms with Crippen LogP contribution in [-0.4, -0.2) is 37.4 Å². The molecular weight excluding hydrogens is 434 g/mol. The number of hydrogen-bond acceptors (Lipinski definition) is 9. The number of rotatable bonds is 7. The van der Waals surface area contributed by atoms with Crippen LogP contribution in [0.15, 0.2) is 47.4 Å². The van der Waals surface area contributed by atoms with Crippen LogP contribution in [0.25, 0.3) is 0 Å². The van der Waals surface area contributed by atoms with E-state index < -0.39 is 44.7 Å². The predicted molar refractivity (Wildman–Crippen MR) is 105 cm³/mol. The van der Waals surface area contributed by atoms with Crippen molar-refractivity contribution >= 4 is 33.7 Å². The van der Waals surface area contributed by atoms with Crippen molar-refractivity contribution in [3.05, 3.63) is 63.7 Å². The number of nitrogens with zero attached hydrogens (tertiary/aromatic N) is 1. The highest BCUT2D eigenvalue weighted by molar-refractivity contribution is 7.87. The van der Waals surface area contributed by atoms with Gasteiger partial charge in [0.05, 0.1) is 10.5 Å². The van der Waals surface area contributed by atoms with Crippen molar-refractivity contribution in [2.45, 2.75) is 24.8 Å². The highest BCUT2D eigenvalue weighted by atomic mass is 32.2. The summed E-state index contributed by atoms with van der Waals surface area (Å²) in [5, 5.41) is 12.7. The van der Waals surface area contributed by atoms with Gasteiger partial charge >= 0.3 is 22.1 Å². The Hall–Kier alpha value is -4.00. The number of carbonyl (C=O) groups is 3. The summed E-state index contributed by atoms with van der Waals surface area (Å²) in [5.74, 6) is -2.00. The fourth-order valence-corrected chi connectivity index (χ4v) is 3.48.